The van der Waals surface area contributed by atoms with Gasteiger partial charge in [0.15, 0.2) is 0 Å². The minimum atomic E-state index is -0.0477. The standard InChI is InChI=1S/C10H14O3S/c1-12-8-4-7(6-11)10(13-2)9(5-8)14-3/h4-5,11H,6H2,1-3H3. The number of thioether (sulfide) groups is 1. The van der Waals surface area contributed by atoms with Crippen LogP contribution in [0, 0.1) is 0 Å². The van der Waals surface area contributed by atoms with Gasteiger partial charge in [0.25, 0.3) is 0 Å². The molecular weight excluding hydrogens is 200 g/mol. The van der Waals surface area contributed by atoms with Crippen LogP contribution in [0.2, 0.25) is 0 Å². The van der Waals surface area contributed by atoms with E-state index in [1.54, 1.807) is 32.0 Å². The third kappa shape index (κ3) is 2.13. The molecular formula is C10H14O3S. The summed E-state index contributed by atoms with van der Waals surface area (Å²) in [6, 6.07) is 3.67. The molecule has 0 atom stereocenters. The van der Waals surface area contributed by atoms with Crippen LogP contribution in [0.1, 0.15) is 5.56 Å². The molecule has 3 nitrogen and oxygen atoms in total. The van der Waals surface area contributed by atoms with Gasteiger partial charge >= 0.3 is 0 Å². The number of rotatable bonds is 4. The fourth-order valence-electron chi connectivity index (χ4n) is 1.25. The van der Waals surface area contributed by atoms with Crippen LogP contribution in [0.25, 0.3) is 0 Å². The second-order valence-corrected chi connectivity index (χ2v) is 3.53. The van der Waals surface area contributed by atoms with Crippen LogP contribution in [-0.2, 0) is 6.61 Å². The number of aliphatic hydroxyl groups excluding tert-OH is 1. The Morgan fingerprint density at radius 3 is 2.43 bits per heavy atom. The lowest BCUT2D eigenvalue weighted by Gasteiger charge is -2.12. The smallest absolute Gasteiger partial charge is 0.138 e. The Labute approximate surface area is 88.0 Å². The third-order valence-electron chi connectivity index (χ3n) is 1.94. The monoisotopic (exact) mass is 214 g/mol. The Morgan fingerprint density at radius 1 is 1.29 bits per heavy atom. The molecule has 0 saturated carbocycles. The Bertz CT molecular complexity index is 287. The Hall–Kier alpha value is -0.870. The minimum absolute atomic E-state index is 0.0477. The van der Waals surface area contributed by atoms with Gasteiger partial charge in [-0.25, -0.2) is 0 Å². The van der Waals surface area contributed by atoms with Crippen LogP contribution in [0.15, 0.2) is 17.0 Å². The molecule has 0 aliphatic carbocycles. The van der Waals surface area contributed by atoms with Crippen molar-refractivity contribution < 1.29 is 14.6 Å². The highest BCUT2D eigenvalue weighted by Gasteiger charge is 2.10. The van der Waals surface area contributed by atoms with Crippen LogP contribution >= 0.6 is 11.8 Å². The summed E-state index contributed by atoms with van der Waals surface area (Å²) in [6.07, 6.45) is 1.96. The molecule has 0 heterocycles. The molecule has 1 aromatic rings. The van der Waals surface area contributed by atoms with Crippen molar-refractivity contribution in [3.05, 3.63) is 17.7 Å². The van der Waals surface area contributed by atoms with Gasteiger partial charge in [0.05, 0.1) is 25.7 Å². The molecule has 0 spiro atoms. The predicted octanol–water partition coefficient (Wildman–Crippen LogP) is 1.92. The average Bonchev–Trinajstić information content (AvgIpc) is 2.26. The molecule has 1 rings (SSSR count). The van der Waals surface area contributed by atoms with Gasteiger partial charge in [0, 0.05) is 5.56 Å². The second kappa shape index (κ2) is 5.12. The van der Waals surface area contributed by atoms with Crippen LogP contribution in [0.5, 0.6) is 11.5 Å². The highest BCUT2D eigenvalue weighted by molar-refractivity contribution is 7.98. The number of benzene rings is 1. The predicted molar refractivity (Wildman–Crippen MR) is 57.2 cm³/mol. The van der Waals surface area contributed by atoms with E-state index >= 15 is 0 Å². The topological polar surface area (TPSA) is 38.7 Å². The summed E-state index contributed by atoms with van der Waals surface area (Å²) in [4.78, 5) is 0.968. The highest BCUT2D eigenvalue weighted by atomic mass is 32.2. The molecule has 4 heteroatoms. The minimum Gasteiger partial charge on any atom is -0.497 e. The molecule has 1 aromatic carbocycles. The quantitative estimate of drug-likeness (QED) is 0.777. The van der Waals surface area contributed by atoms with E-state index < -0.39 is 0 Å². The van der Waals surface area contributed by atoms with E-state index in [1.807, 2.05) is 12.3 Å². The van der Waals surface area contributed by atoms with Gasteiger partial charge < -0.3 is 14.6 Å². The molecule has 1 N–H and O–H groups in total. The molecule has 0 unspecified atom stereocenters. The van der Waals surface area contributed by atoms with Gasteiger partial charge in [-0.05, 0) is 18.4 Å². The fourth-order valence-corrected chi connectivity index (χ4v) is 1.88. The number of aliphatic hydroxyl groups is 1. The number of methoxy groups -OCH3 is 2. The van der Waals surface area contributed by atoms with Crippen molar-refractivity contribution in [2.75, 3.05) is 20.5 Å². The molecule has 14 heavy (non-hydrogen) atoms. The Kier molecular flexibility index (Phi) is 4.10. The van der Waals surface area contributed by atoms with Crippen molar-refractivity contribution in [3.63, 3.8) is 0 Å². The second-order valence-electron chi connectivity index (χ2n) is 2.68. The maximum Gasteiger partial charge on any atom is 0.138 e. The van der Waals surface area contributed by atoms with Crippen molar-refractivity contribution in [3.8, 4) is 11.5 Å². The lowest BCUT2D eigenvalue weighted by molar-refractivity contribution is 0.271. The molecule has 0 bridgehead atoms. The number of hydrogen-bond donors (Lipinski definition) is 1. The summed E-state index contributed by atoms with van der Waals surface area (Å²) in [7, 11) is 3.20. The normalized spacial score (nSPS) is 10.0. The fraction of sp³-hybridized carbons (Fsp3) is 0.400. The zero-order valence-electron chi connectivity index (χ0n) is 8.53. The zero-order valence-corrected chi connectivity index (χ0v) is 9.35. The average molecular weight is 214 g/mol. The van der Waals surface area contributed by atoms with Crippen LogP contribution in [0.4, 0.5) is 0 Å². The Balaban J connectivity index is 3.24. The van der Waals surface area contributed by atoms with Gasteiger partial charge in [-0.1, -0.05) is 0 Å². The summed E-state index contributed by atoms with van der Waals surface area (Å²) in [6.45, 7) is -0.0477. The van der Waals surface area contributed by atoms with E-state index in [2.05, 4.69) is 0 Å². The zero-order chi connectivity index (χ0) is 10.6. The number of ether oxygens (including phenoxy) is 2. The molecule has 0 aliphatic rings. The summed E-state index contributed by atoms with van der Waals surface area (Å²) in [5.74, 6) is 1.46. The molecule has 0 saturated heterocycles. The molecule has 0 fully saturated rings. The van der Waals surface area contributed by atoms with Gasteiger partial charge in [0.2, 0.25) is 0 Å². The molecule has 0 aliphatic heterocycles. The van der Waals surface area contributed by atoms with E-state index in [9.17, 15) is 0 Å². The highest BCUT2D eigenvalue weighted by Crippen LogP contribution is 2.35. The lowest BCUT2D eigenvalue weighted by Crippen LogP contribution is -1.95. The molecule has 0 aromatic heterocycles. The van der Waals surface area contributed by atoms with E-state index in [0.717, 1.165) is 22.0 Å². The molecule has 0 amide bonds. The van der Waals surface area contributed by atoms with Crippen molar-refractivity contribution in [2.45, 2.75) is 11.5 Å². The summed E-state index contributed by atoms with van der Waals surface area (Å²) >= 11 is 1.56. The van der Waals surface area contributed by atoms with E-state index in [0.29, 0.717) is 0 Å². The summed E-state index contributed by atoms with van der Waals surface area (Å²) < 4.78 is 10.3. The van der Waals surface area contributed by atoms with Gasteiger partial charge in [-0.3, -0.25) is 0 Å². The first-order valence-corrected chi connectivity index (χ1v) is 5.39. The molecule has 0 radical (unpaired) electrons. The largest absolute Gasteiger partial charge is 0.497 e. The van der Waals surface area contributed by atoms with Gasteiger partial charge in [-0.15, -0.1) is 11.8 Å². The first-order valence-electron chi connectivity index (χ1n) is 4.16. The third-order valence-corrected chi connectivity index (χ3v) is 2.68. The van der Waals surface area contributed by atoms with Crippen molar-refractivity contribution >= 4 is 11.8 Å². The maximum atomic E-state index is 9.14. The summed E-state index contributed by atoms with van der Waals surface area (Å²) in [5, 5.41) is 9.14. The van der Waals surface area contributed by atoms with Gasteiger partial charge in [-0.2, -0.15) is 0 Å². The van der Waals surface area contributed by atoms with E-state index in [4.69, 9.17) is 14.6 Å². The SMILES string of the molecule is COc1cc(CO)c(OC)c(SC)c1. The van der Waals surface area contributed by atoms with Crippen molar-refractivity contribution in [1.82, 2.24) is 0 Å². The molecule has 78 valence electrons. The van der Waals surface area contributed by atoms with E-state index in [-0.39, 0.29) is 6.61 Å². The number of hydrogen-bond acceptors (Lipinski definition) is 4. The summed E-state index contributed by atoms with van der Waals surface area (Å²) in [5.41, 5.74) is 0.746. The van der Waals surface area contributed by atoms with E-state index in [1.165, 1.54) is 0 Å². The van der Waals surface area contributed by atoms with Crippen LogP contribution in [-0.4, -0.2) is 25.6 Å². The Morgan fingerprint density at radius 2 is 2.00 bits per heavy atom. The van der Waals surface area contributed by atoms with Gasteiger partial charge in [0.1, 0.15) is 11.5 Å². The maximum absolute atomic E-state index is 9.14. The van der Waals surface area contributed by atoms with Crippen LogP contribution in [0.3, 0.4) is 0 Å². The first-order chi connectivity index (χ1) is 6.76. The van der Waals surface area contributed by atoms with Crippen LogP contribution < -0.4 is 9.47 Å². The van der Waals surface area contributed by atoms with Crippen molar-refractivity contribution in [1.29, 1.82) is 0 Å². The lowest BCUT2D eigenvalue weighted by atomic mass is 10.2. The van der Waals surface area contributed by atoms with Crippen molar-refractivity contribution in [2.24, 2.45) is 0 Å². The first kappa shape index (κ1) is 11.2.